The van der Waals surface area contributed by atoms with E-state index in [4.69, 9.17) is 0 Å². The van der Waals surface area contributed by atoms with Crippen molar-refractivity contribution in [1.82, 2.24) is 10.6 Å². The molecule has 0 aromatic heterocycles. The lowest BCUT2D eigenvalue weighted by atomic mass is 9.68. The Morgan fingerprint density at radius 1 is 1.19 bits per heavy atom. The lowest BCUT2D eigenvalue weighted by molar-refractivity contribution is -0.124. The van der Waals surface area contributed by atoms with Crippen LogP contribution in [0.5, 0.6) is 0 Å². The van der Waals surface area contributed by atoms with Crippen molar-refractivity contribution < 1.29 is 4.79 Å². The molecule has 120 valence electrons. The average molecular weight is 292 g/mol. The Kier molecular flexibility index (Phi) is 4.06. The third-order valence-electron chi connectivity index (χ3n) is 6.81. The predicted molar refractivity (Wildman–Crippen MR) is 86.0 cm³/mol. The molecular weight excluding hydrogens is 260 g/mol. The van der Waals surface area contributed by atoms with Gasteiger partial charge in [0.25, 0.3) is 0 Å². The quantitative estimate of drug-likeness (QED) is 0.836. The summed E-state index contributed by atoms with van der Waals surface area (Å²) in [5.74, 6) is 1.85. The molecule has 3 nitrogen and oxygen atoms in total. The number of nitrogens with one attached hydrogen (secondary N) is 2. The second kappa shape index (κ2) is 5.57. The molecule has 0 radical (unpaired) electrons. The Labute approximate surface area is 129 Å². The van der Waals surface area contributed by atoms with Crippen molar-refractivity contribution in [3.63, 3.8) is 0 Å². The molecule has 3 fully saturated rings. The summed E-state index contributed by atoms with van der Waals surface area (Å²) in [4.78, 5) is 12.4. The molecule has 1 aliphatic heterocycles. The number of piperidine rings is 1. The first-order valence-electron chi connectivity index (χ1n) is 8.92. The zero-order valence-corrected chi connectivity index (χ0v) is 14.0. The highest BCUT2D eigenvalue weighted by molar-refractivity contribution is 5.76. The van der Waals surface area contributed by atoms with Gasteiger partial charge < -0.3 is 10.6 Å². The number of hydrogen-bond donors (Lipinski definition) is 2. The van der Waals surface area contributed by atoms with E-state index in [1.165, 1.54) is 32.1 Å². The van der Waals surface area contributed by atoms with Crippen LogP contribution >= 0.6 is 0 Å². The van der Waals surface area contributed by atoms with Crippen LogP contribution in [0, 0.1) is 22.7 Å². The van der Waals surface area contributed by atoms with Gasteiger partial charge in [0.05, 0.1) is 0 Å². The van der Waals surface area contributed by atoms with Crippen LogP contribution in [0.2, 0.25) is 0 Å². The average Bonchev–Trinajstić information content (AvgIpc) is 2.94. The van der Waals surface area contributed by atoms with Gasteiger partial charge in [-0.25, -0.2) is 0 Å². The van der Waals surface area contributed by atoms with Gasteiger partial charge in [-0.05, 0) is 74.3 Å². The SMILES string of the molecule is CC12CCC(C1)C(C)(C)C2NC(=O)CCC1CCNCC1. The van der Waals surface area contributed by atoms with Crippen molar-refractivity contribution >= 4 is 5.91 Å². The second-order valence-electron chi connectivity index (χ2n) is 8.65. The van der Waals surface area contributed by atoms with E-state index in [-0.39, 0.29) is 5.41 Å². The summed E-state index contributed by atoms with van der Waals surface area (Å²) in [6.07, 6.45) is 8.22. The number of carbonyl (C=O) groups excluding carboxylic acids is 1. The number of hydrogen-bond acceptors (Lipinski definition) is 2. The molecule has 0 spiro atoms. The van der Waals surface area contributed by atoms with Crippen LogP contribution in [0.4, 0.5) is 0 Å². The lowest BCUT2D eigenvalue weighted by Crippen LogP contribution is -2.52. The van der Waals surface area contributed by atoms with Gasteiger partial charge >= 0.3 is 0 Å². The van der Waals surface area contributed by atoms with E-state index in [1.807, 2.05) is 0 Å². The van der Waals surface area contributed by atoms with Gasteiger partial charge in [0.2, 0.25) is 5.91 Å². The molecule has 2 aliphatic carbocycles. The highest BCUT2D eigenvalue weighted by atomic mass is 16.1. The molecular formula is C18H32N2O. The van der Waals surface area contributed by atoms with Gasteiger partial charge in [-0.1, -0.05) is 20.8 Å². The van der Waals surface area contributed by atoms with Gasteiger partial charge in [0.15, 0.2) is 0 Å². The molecule has 0 aromatic carbocycles. The maximum Gasteiger partial charge on any atom is 0.220 e. The van der Waals surface area contributed by atoms with Crippen LogP contribution in [0.25, 0.3) is 0 Å². The summed E-state index contributed by atoms with van der Waals surface area (Å²) in [5.41, 5.74) is 0.621. The maximum atomic E-state index is 12.4. The summed E-state index contributed by atoms with van der Waals surface area (Å²) >= 11 is 0. The van der Waals surface area contributed by atoms with Crippen molar-refractivity contribution in [1.29, 1.82) is 0 Å². The molecule has 3 heteroatoms. The third kappa shape index (κ3) is 2.86. The van der Waals surface area contributed by atoms with Crippen LogP contribution in [0.1, 0.15) is 65.7 Å². The molecule has 2 N–H and O–H groups in total. The molecule has 1 amide bonds. The number of rotatable bonds is 4. The Balaban J connectivity index is 1.52. The van der Waals surface area contributed by atoms with E-state index >= 15 is 0 Å². The van der Waals surface area contributed by atoms with E-state index < -0.39 is 0 Å². The molecule has 2 bridgehead atoms. The zero-order valence-electron chi connectivity index (χ0n) is 14.0. The first kappa shape index (κ1) is 15.3. The van der Waals surface area contributed by atoms with E-state index in [0.29, 0.717) is 17.4 Å². The van der Waals surface area contributed by atoms with Gasteiger partial charge in [-0.15, -0.1) is 0 Å². The number of fused-ring (bicyclic) bond motifs is 2. The summed E-state index contributed by atoms with van der Waals surface area (Å²) in [6.45, 7) is 9.36. The van der Waals surface area contributed by atoms with E-state index in [9.17, 15) is 4.79 Å². The number of carbonyl (C=O) groups is 1. The summed E-state index contributed by atoms with van der Waals surface area (Å²) < 4.78 is 0. The highest BCUT2D eigenvalue weighted by Crippen LogP contribution is 2.62. The summed E-state index contributed by atoms with van der Waals surface area (Å²) in [7, 11) is 0. The largest absolute Gasteiger partial charge is 0.352 e. The summed E-state index contributed by atoms with van der Waals surface area (Å²) in [5, 5.41) is 6.82. The van der Waals surface area contributed by atoms with Crippen molar-refractivity contribution in [3.8, 4) is 0 Å². The molecule has 3 unspecified atom stereocenters. The molecule has 3 atom stereocenters. The number of amides is 1. The molecule has 3 aliphatic rings. The van der Waals surface area contributed by atoms with Crippen molar-refractivity contribution in [3.05, 3.63) is 0 Å². The fourth-order valence-corrected chi connectivity index (χ4v) is 5.40. The van der Waals surface area contributed by atoms with Gasteiger partial charge in [-0.2, -0.15) is 0 Å². The lowest BCUT2D eigenvalue weighted by Gasteiger charge is -2.43. The van der Waals surface area contributed by atoms with Crippen LogP contribution < -0.4 is 10.6 Å². The van der Waals surface area contributed by atoms with Crippen LogP contribution in [-0.2, 0) is 4.79 Å². The van der Waals surface area contributed by atoms with E-state index in [2.05, 4.69) is 31.4 Å². The molecule has 3 rings (SSSR count). The van der Waals surface area contributed by atoms with Gasteiger partial charge in [-0.3, -0.25) is 4.79 Å². The Morgan fingerprint density at radius 3 is 2.52 bits per heavy atom. The maximum absolute atomic E-state index is 12.4. The highest BCUT2D eigenvalue weighted by Gasteiger charge is 2.59. The van der Waals surface area contributed by atoms with Gasteiger partial charge in [0, 0.05) is 12.5 Å². The fraction of sp³-hybridized carbons (Fsp3) is 0.944. The minimum absolute atomic E-state index is 0.275. The van der Waals surface area contributed by atoms with Crippen LogP contribution in [-0.4, -0.2) is 25.0 Å². The van der Waals surface area contributed by atoms with Gasteiger partial charge in [0.1, 0.15) is 0 Å². The Morgan fingerprint density at radius 2 is 1.90 bits per heavy atom. The van der Waals surface area contributed by atoms with Crippen molar-refractivity contribution in [2.45, 2.75) is 71.8 Å². The first-order chi connectivity index (χ1) is 9.92. The minimum Gasteiger partial charge on any atom is -0.352 e. The summed E-state index contributed by atoms with van der Waals surface area (Å²) in [6, 6.07) is 0.379. The predicted octanol–water partition coefficient (Wildman–Crippen LogP) is 3.10. The van der Waals surface area contributed by atoms with Crippen LogP contribution in [0.3, 0.4) is 0 Å². The Hall–Kier alpha value is -0.570. The first-order valence-corrected chi connectivity index (χ1v) is 8.92. The zero-order chi connectivity index (χ0) is 15.1. The molecule has 21 heavy (non-hydrogen) atoms. The Bertz CT molecular complexity index is 395. The molecule has 0 aromatic rings. The monoisotopic (exact) mass is 292 g/mol. The van der Waals surface area contributed by atoms with Crippen molar-refractivity contribution in [2.75, 3.05) is 13.1 Å². The van der Waals surface area contributed by atoms with Crippen molar-refractivity contribution in [2.24, 2.45) is 22.7 Å². The molecule has 1 heterocycles. The standard InChI is InChI=1S/C18H32N2O/c1-17(2)14-6-9-18(3,12-14)16(17)20-15(21)5-4-13-7-10-19-11-8-13/h13-14,16,19H,4-12H2,1-3H3,(H,20,21). The van der Waals surface area contributed by atoms with E-state index in [0.717, 1.165) is 37.8 Å². The minimum atomic E-state index is 0.275. The molecule has 2 saturated carbocycles. The fourth-order valence-electron chi connectivity index (χ4n) is 5.40. The normalized spacial score (nSPS) is 38.6. The molecule has 1 saturated heterocycles. The smallest absolute Gasteiger partial charge is 0.220 e. The third-order valence-corrected chi connectivity index (χ3v) is 6.81. The topological polar surface area (TPSA) is 41.1 Å². The van der Waals surface area contributed by atoms with E-state index in [1.54, 1.807) is 0 Å². The van der Waals surface area contributed by atoms with Crippen LogP contribution in [0.15, 0.2) is 0 Å². The second-order valence-corrected chi connectivity index (χ2v) is 8.65.